The zero-order valence-corrected chi connectivity index (χ0v) is 9.72. The Labute approximate surface area is 100 Å². The number of hydrogen-bond donors (Lipinski definition) is 1. The second kappa shape index (κ2) is 5.09. The average Bonchev–Trinajstić information content (AvgIpc) is 2.75. The van der Waals surface area contributed by atoms with Crippen LogP contribution in [-0.2, 0) is 4.79 Å². The third kappa shape index (κ3) is 2.40. The zero-order valence-electron chi connectivity index (χ0n) is 8.08. The Balaban J connectivity index is 2.25. The molecule has 0 atom stereocenters. The summed E-state index contributed by atoms with van der Waals surface area (Å²) in [5, 5.41) is 18.1. The van der Waals surface area contributed by atoms with Crippen molar-refractivity contribution in [1.82, 2.24) is 10.2 Å². The molecule has 1 aromatic carbocycles. The largest absolute Gasteiger partial charge is 0.507 e. The van der Waals surface area contributed by atoms with Gasteiger partial charge in [0, 0.05) is 0 Å². The third-order valence-electron chi connectivity index (χ3n) is 1.80. The van der Waals surface area contributed by atoms with E-state index in [-0.39, 0.29) is 11.5 Å². The standard InChI is InChI=1S/C10H7N2O2S2/c13-5-6-15-10-12-11-9(16-10)7-3-1-2-4-8(7)14/h1-4,14H,6H2. The molecule has 6 heteroatoms. The summed E-state index contributed by atoms with van der Waals surface area (Å²) in [6.07, 6.45) is 1.78. The smallest absolute Gasteiger partial charge is 0.209 e. The van der Waals surface area contributed by atoms with Crippen molar-refractivity contribution in [2.45, 2.75) is 4.34 Å². The fourth-order valence-corrected chi connectivity index (χ4v) is 2.66. The molecule has 0 saturated heterocycles. The summed E-state index contributed by atoms with van der Waals surface area (Å²) < 4.78 is 0.696. The summed E-state index contributed by atoms with van der Waals surface area (Å²) in [6.45, 7) is 0. The minimum atomic E-state index is 0.178. The number of phenolic OH excluding ortho intramolecular Hbond substituents is 1. The summed E-state index contributed by atoms with van der Waals surface area (Å²) in [5.41, 5.74) is 0.655. The second-order valence-corrected chi connectivity index (χ2v) is 5.02. The van der Waals surface area contributed by atoms with Gasteiger partial charge in [-0.2, -0.15) is 0 Å². The predicted molar refractivity (Wildman–Crippen MR) is 63.4 cm³/mol. The number of hydrogen-bond acceptors (Lipinski definition) is 6. The van der Waals surface area contributed by atoms with Crippen LogP contribution in [-0.4, -0.2) is 27.3 Å². The summed E-state index contributed by atoms with van der Waals surface area (Å²) >= 11 is 2.62. The lowest BCUT2D eigenvalue weighted by atomic mass is 10.2. The van der Waals surface area contributed by atoms with E-state index >= 15 is 0 Å². The van der Waals surface area contributed by atoms with Gasteiger partial charge in [-0.05, 0) is 12.1 Å². The van der Waals surface area contributed by atoms with E-state index in [9.17, 15) is 9.90 Å². The molecule has 0 spiro atoms. The van der Waals surface area contributed by atoms with Crippen molar-refractivity contribution in [3.05, 3.63) is 24.3 Å². The predicted octanol–water partition coefficient (Wildman–Crippen LogP) is 2.11. The fourth-order valence-electron chi connectivity index (χ4n) is 1.12. The normalized spacial score (nSPS) is 10.2. The molecule has 0 amide bonds. The van der Waals surface area contributed by atoms with E-state index in [0.717, 1.165) is 0 Å². The molecule has 16 heavy (non-hydrogen) atoms. The van der Waals surface area contributed by atoms with Crippen molar-refractivity contribution >= 4 is 29.4 Å². The summed E-state index contributed by atoms with van der Waals surface area (Å²) in [4.78, 5) is 10.1. The molecule has 4 nitrogen and oxygen atoms in total. The molecular formula is C10H7N2O2S2. The zero-order chi connectivity index (χ0) is 11.4. The van der Waals surface area contributed by atoms with Gasteiger partial charge in [-0.1, -0.05) is 35.2 Å². The number of nitrogens with zero attached hydrogens (tertiary/aromatic N) is 2. The Hall–Kier alpha value is -1.40. The molecular weight excluding hydrogens is 244 g/mol. The molecule has 2 aromatic rings. The van der Waals surface area contributed by atoms with Crippen molar-refractivity contribution in [2.24, 2.45) is 0 Å². The van der Waals surface area contributed by atoms with Crippen molar-refractivity contribution in [2.75, 3.05) is 5.75 Å². The highest BCUT2D eigenvalue weighted by molar-refractivity contribution is 8.01. The molecule has 0 fully saturated rings. The number of para-hydroxylation sites is 1. The number of phenols is 1. The molecule has 1 heterocycles. The molecule has 0 aliphatic heterocycles. The number of thioether (sulfide) groups is 1. The lowest BCUT2D eigenvalue weighted by Gasteiger charge is -1.97. The maximum Gasteiger partial charge on any atom is 0.209 e. The van der Waals surface area contributed by atoms with Crippen LogP contribution in [0.1, 0.15) is 0 Å². The highest BCUT2D eigenvalue weighted by Gasteiger charge is 2.10. The maximum absolute atomic E-state index is 10.1. The van der Waals surface area contributed by atoms with Gasteiger partial charge >= 0.3 is 0 Å². The van der Waals surface area contributed by atoms with Crippen molar-refractivity contribution in [3.8, 4) is 16.3 Å². The number of rotatable bonds is 4. The Morgan fingerprint density at radius 3 is 2.94 bits per heavy atom. The molecule has 0 unspecified atom stereocenters. The first-order chi connectivity index (χ1) is 7.81. The van der Waals surface area contributed by atoms with Crippen LogP contribution in [0.25, 0.3) is 10.6 Å². The van der Waals surface area contributed by atoms with Gasteiger partial charge in [0.15, 0.2) is 9.35 Å². The van der Waals surface area contributed by atoms with E-state index in [1.165, 1.54) is 23.1 Å². The van der Waals surface area contributed by atoms with Crippen LogP contribution < -0.4 is 0 Å². The highest BCUT2D eigenvalue weighted by atomic mass is 32.2. The van der Waals surface area contributed by atoms with E-state index in [4.69, 9.17) is 0 Å². The Morgan fingerprint density at radius 1 is 1.38 bits per heavy atom. The monoisotopic (exact) mass is 251 g/mol. The second-order valence-electron chi connectivity index (χ2n) is 2.82. The summed E-state index contributed by atoms with van der Waals surface area (Å²) in [5.74, 6) is 0.423. The van der Waals surface area contributed by atoms with Gasteiger partial charge in [0.05, 0.1) is 11.3 Å². The Kier molecular flexibility index (Phi) is 3.53. The van der Waals surface area contributed by atoms with Crippen LogP contribution in [0.3, 0.4) is 0 Å². The van der Waals surface area contributed by atoms with Crippen LogP contribution in [0.2, 0.25) is 0 Å². The van der Waals surface area contributed by atoms with Gasteiger partial charge in [0.2, 0.25) is 6.29 Å². The van der Waals surface area contributed by atoms with Crippen LogP contribution >= 0.6 is 23.1 Å². The maximum atomic E-state index is 10.1. The molecule has 0 aliphatic carbocycles. The lowest BCUT2D eigenvalue weighted by molar-refractivity contribution is 0.477. The molecule has 81 valence electrons. The molecule has 0 bridgehead atoms. The lowest BCUT2D eigenvalue weighted by Crippen LogP contribution is -1.78. The highest BCUT2D eigenvalue weighted by Crippen LogP contribution is 2.33. The fraction of sp³-hybridized carbons (Fsp3) is 0.100. The number of benzene rings is 1. The summed E-state index contributed by atoms with van der Waals surface area (Å²) in [6, 6.07) is 6.94. The Bertz CT molecular complexity index is 499. The van der Waals surface area contributed by atoms with Gasteiger partial charge in [-0.15, -0.1) is 10.2 Å². The molecule has 1 aromatic heterocycles. The minimum absolute atomic E-state index is 0.178. The van der Waals surface area contributed by atoms with Gasteiger partial charge < -0.3 is 5.11 Å². The van der Waals surface area contributed by atoms with Crippen LogP contribution in [0, 0.1) is 0 Å². The average molecular weight is 251 g/mol. The molecule has 1 N–H and O–H groups in total. The van der Waals surface area contributed by atoms with Crippen molar-refractivity contribution < 1.29 is 9.90 Å². The van der Waals surface area contributed by atoms with Crippen LogP contribution in [0.4, 0.5) is 0 Å². The first kappa shape index (κ1) is 11.1. The molecule has 0 aliphatic rings. The SMILES string of the molecule is O=[C]CSc1nnc(-c2ccccc2O)s1. The first-order valence-electron chi connectivity index (χ1n) is 4.41. The third-order valence-corrected chi connectivity index (χ3v) is 3.74. The first-order valence-corrected chi connectivity index (χ1v) is 6.21. The number of carbonyl (C=O) groups excluding carboxylic acids is 1. The quantitative estimate of drug-likeness (QED) is 0.843. The van der Waals surface area contributed by atoms with Gasteiger partial charge in [0.1, 0.15) is 5.75 Å². The van der Waals surface area contributed by atoms with Crippen LogP contribution in [0.5, 0.6) is 5.75 Å². The Morgan fingerprint density at radius 2 is 2.19 bits per heavy atom. The van der Waals surface area contributed by atoms with Crippen LogP contribution in [0.15, 0.2) is 28.6 Å². The number of aromatic nitrogens is 2. The molecule has 1 radical (unpaired) electrons. The van der Waals surface area contributed by atoms with E-state index in [0.29, 0.717) is 14.9 Å². The van der Waals surface area contributed by atoms with Gasteiger partial charge in [-0.3, -0.25) is 4.79 Å². The summed E-state index contributed by atoms with van der Waals surface area (Å²) in [7, 11) is 0. The van der Waals surface area contributed by atoms with E-state index in [1.54, 1.807) is 24.5 Å². The van der Waals surface area contributed by atoms with Crippen molar-refractivity contribution in [1.29, 1.82) is 0 Å². The molecule has 2 rings (SSSR count). The minimum Gasteiger partial charge on any atom is -0.507 e. The molecule has 0 saturated carbocycles. The van der Waals surface area contributed by atoms with E-state index in [2.05, 4.69) is 10.2 Å². The van der Waals surface area contributed by atoms with E-state index < -0.39 is 0 Å². The van der Waals surface area contributed by atoms with Gasteiger partial charge in [-0.25, -0.2) is 0 Å². The van der Waals surface area contributed by atoms with Crippen molar-refractivity contribution in [3.63, 3.8) is 0 Å². The van der Waals surface area contributed by atoms with E-state index in [1.807, 2.05) is 6.07 Å². The van der Waals surface area contributed by atoms with Gasteiger partial charge in [0.25, 0.3) is 0 Å². The topological polar surface area (TPSA) is 63.1 Å². The number of aromatic hydroxyl groups is 1.